The zero-order valence-electron chi connectivity index (χ0n) is 11.9. The Morgan fingerprint density at radius 1 is 1.17 bits per heavy atom. The Morgan fingerprint density at radius 2 is 1.88 bits per heavy atom. The number of benzene rings is 2. The summed E-state index contributed by atoms with van der Waals surface area (Å²) in [5, 5.41) is -0.114. The van der Waals surface area contributed by atoms with E-state index in [4.69, 9.17) is 27.9 Å². The van der Waals surface area contributed by atoms with Crippen molar-refractivity contribution >= 4 is 39.1 Å². The Morgan fingerprint density at radius 3 is 2.58 bits per heavy atom. The molecule has 2 aromatic rings. The third-order valence-corrected chi connectivity index (χ3v) is 4.92. The summed E-state index contributed by atoms with van der Waals surface area (Å²) < 4.78 is 42.1. The molecule has 2 rings (SSSR count). The molecule has 24 heavy (non-hydrogen) atoms. The Kier molecular flexibility index (Phi) is 6.00. The summed E-state index contributed by atoms with van der Waals surface area (Å²) in [6.45, 7) is -0.519. The molecule has 0 aliphatic heterocycles. The second kappa shape index (κ2) is 7.80. The molecular formula is C14H11Cl2FN2O4S. The van der Waals surface area contributed by atoms with Crippen LogP contribution >= 0.6 is 23.2 Å². The molecule has 0 saturated carbocycles. The van der Waals surface area contributed by atoms with E-state index in [-0.39, 0.29) is 20.7 Å². The zero-order chi connectivity index (χ0) is 17.7. The Balaban J connectivity index is 1.94. The molecule has 0 heterocycles. The monoisotopic (exact) mass is 392 g/mol. The minimum atomic E-state index is -4.11. The van der Waals surface area contributed by atoms with Crippen molar-refractivity contribution in [3.05, 3.63) is 58.3 Å². The topological polar surface area (TPSA) is 84.5 Å². The first kappa shape index (κ1) is 18.5. The maximum Gasteiger partial charge on any atom is 0.272 e. The molecule has 6 nitrogen and oxygen atoms in total. The molecule has 0 aliphatic rings. The van der Waals surface area contributed by atoms with Crippen molar-refractivity contribution < 1.29 is 22.3 Å². The molecule has 0 fully saturated rings. The number of hydrazine groups is 1. The smallest absolute Gasteiger partial charge is 0.272 e. The van der Waals surface area contributed by atoms with Crippen LogP contribution in [-0.2, 0) is 14.8 Å². The average Bonchev–Trinajstić information content (AvgIpc) is 2.53. The normalized spacial score (nSPS) is 11.1. The quantitative estimate of drug-likeness (QED) is 0.739. The highest BCUT2D eigenvalue weighted by atomic mass is 35.5. The van der Waals surface area contributed by atoms with Gasteiger partial charge in [-0.05, 0) is 24.3 Å². The van der Waals surface area contributed by atoms with Crippen molar-refractivity contribution in [2.24, 2.45) is 0 Å². The molecule has 10 heteroatoms. The molecule has 128 valence electrons. The van der Waals surface area contributed by atoms with Crippen molar-refractivity contribution in [2.45, 2.75) is 4.90 Å². The lowest BCUT2D eigenvalue weighted by Crippen LogP contribution is -2.43. The van der Waals surface area contributed by atoms with Crippen LogP contribution in [0.25, 0.3) is 0 Å². The first-order chi connectivity index (χ1) is 11.3. The SMILES string of the molecule is O=C(COc1cccc(F)c1)NNS(=O)(=O)c1cccc(Cl)c1Cl. The molecule has 2 N–H and O–H groups in total. The van der Waals surface area contributed by atoms with E-state index in [2.05, 4.69) is 0 Å². The number of amides is 1. The highest BCUT2D eigenvalue weighted by Gasteiger charge is 2.20. The molecule has 0 saturated heterocycles. The molecule has 0 aliphatic carbocycles. The number of carbonyl (C=O) groups is 1. The van der Waals surface area contributed by atoms with Crippen molar-refractivity contribution in [3.8, 4) is 5.75 Å². The first-order valence-corrected chi connectivity index (χ1v) is 8.66. The van der Waals surface area contributed by atoms with E-state index in [0.717, 1.165) is 6.07 Å². The van der Waals surface area contributed by atoms with E-state index in [1.165, 1.54) is 36.4 Å². The molecular weight excluding hydrogens is 382 g/mol. The maximum absolute atomic E-state index is 13.0. The van der Waals surface area contributed by atoms with Gasteiger partial charge in [0.2, 0.25) is 0 Å². The summed E-state index contributed by atoms with van der Waals surface area (Å²) in [6.07, 6.45) is 0. The van der Waals surface area contributed by atoms with Gasteiger partial charge in [0.1, 0.15) is 16.5 Å². The highest BCUT2D eigenvalue weighted by Crippen LogP contribution is 2.28. The number of hydrogen-bond acceptors (Lipinski definition) is 4. The third kappa shape index (κ3) is 4.81. The van der Waals surface area contributed by atoms with Gasteiger partial charge in [-0.3, -0.25) is 10.2 Å². The van der Waals surface area contributed by atoms with Crippen molar-refractivity contribution in [1.29, 1.82) is 0 Å². The number of halogens is 3. The van der Waals surface area contributed by atoms with Crippen LogP contribution in [0.3, 0.4) is 0 Å². The number of carbonyl (C=O) groups excluding carboxylic acids is 1. The van der Waals surface area contributed by atoms with Crippen LogP contribution in [0.4, 0.5) is 4.39 Å². The second-order valence-corrected chi connectivity index (χ2v) is 6.89. The average molecular weight is 393 g/mol. The van der Waals surface area contributed by atoms with E-state index < -0.39 is 28.4 Å². The van der Waals surface area contributed by atoms with Gasteiger partial charge in [-0.2, -0.15) is 0 Å². The van der Waals surface area contributed by atoms with E-state index in [1.54, 1.807) is 0 Å². The Bertz CT molecular complexity index is 862. The maximum atomic E-state index is 13.0. The van der Waals surface area contributed by atoms with Crippen molar-refractivity contribution in [3.63, 3.8) is 0 Å². The van der Waals surface area contributed by atoms with E-state index in [9.17, 15) is 17.6 Å². The van der Waals surface area contributed by atoms with E-state index >= 15 is 0 Å². The number of hydrogen-bond donors (Lipinski definition) is 2. The molecule has 0 radical (unpaired) electrons. The molecule has 0 aromatic heterocycles. The van der Waals surface area contributed by atoms with Crippen molar-refractivity contribution in [2.75, 3.05) is 6.61 Å². The number of rotatable bonds is 6. The number of nitrogens with one attached hydrogen (secondary N) is 2. The lowest BCUT2D eigenvalue weighted by molar-refractivity contribution is -0.123. The van der Waals surface area contributed by atoms with Gasteiger partial charge >= 0.3 is 0 Å². The van der Waals surface area contributed by atoms with Crippen LogP contribution in [0.1, 0.15) is 0 Å². The van der Waals surface area contributed by atoms with Crippen LogP contribution in [0.5, 0.6) is 5.75 Å². The fourth-order valence-corrected chi connectivity index (χ4v) is 3.24. The molecule has 1 amide bonds. The van der Waals surface area contributed by atoms with Crippen LogP contribution in [0.15, 0.2) is 47.4 Å². The minimum absolute atomic E-state index is 0.0558. The third-order valence-electron chi connectivity index (χ3n) is 2.70. The molecule has 0 spiro atoms. The fourth-order valence-electron chi connectivity index (χ4n) is 1.61. The van der Waals surface area contributed by atoms with Gasteiger partial charge in [0.25, 0.3) is 15.9 Å². The Hall–Kier alpha value is -1.87. The van der Waals surface area contributed by atoms with Gasteiger partial charge in [0.15, 0.2) is 6.61 Å². The predicted molar refractivity (Wildman–Crippen MR) is 86.8 cm³/mol. The van der Waals surface area contributed by atoms with Gasteiger partial charge < -0.3 is 4.74 Å². The summed E-state index contributed by atoms with van der Waals surface area (Å²) in [7, 11) is -4.11. The second-order valence-electron chi connectivity index (χ2n) is 4.45. The standard InChI is InChI=1S/C14H11Cl2FN2O4S/c15-11-5-2-6-12(14(11)16)24(21,22)19-18-13(20)8-23-10-4-1-3-9(17)7-10/h1-7,19H,8H2,(H,18,20). The number of ether oxygens (including phenoxy) is 1. The van der Waals surface area contributed by atoms with Crippen LogP contribution in [0, 0.1) is 5.82 Å². The van der Waals surface area contributed by atoms with Gasteiger partial charge in [-0.1, -0.05) is 35.3 Å². The highest BCUT2D eigenvalue weighted by molar-refractivity contribution is 7.89. The number of sulfonamides is 1. The minimum Gasteiger partial charge on any atom is -0.484 e. The predicted octanol–water partition coefficient (Wildman–Crippen LogP) is 2.52. The largest absolute Gasteiger partial charge is 0.484 e. The van der Waals surface area contributed by atoms with Crippen molar-refractivity contribution in [1.82, 2.24) is 10.3 Å². The van der Waals surface area contributed by atoms with Gasteiger partial charge in [-0.25, -0.2) is 12.8 Å². The molecule has 0 atom stereocenters. The lowest BCUT2D eigenvalue weighted by Gasteiger charge is -2.11. The summed E-state index contributed by atoms with van der Waals surface area (Å²) in [5.41, 5.74) is 1.96. The summed E-state index contributed by atoms with van der Waals surface area (Å²) >= 11 is 11.6. The summed E-state index contributed by atoms with van der Waals surface area (Å²) in [5.74, 6) is -1.18. The molecule has 0 bridgehead atoms. The van der Waals surface area contributed by atoms with Gasteiger partial charge in [0.05, 0.1) is 10.0 Å². The molecule has 2 aromatic carbocycles. The zero-order valence-corrected chi connectivity index (χ0v) is 14.3. The molecule has 0 unspecified atom stereocenters. The van der Waals surface area contributed by atoms with Gasteiger partial charge in [0, 0.05) is 6.07 Å². The summed E-state index contributed by atoms with van der Waals surface area (Å²) in [4.78, 5) is 13.2. The van der Waals surface area contributed by atoms with Crippen LogP contribution < -0.4 is 15.0 Å². The van der Waals surface area contributed by atoms with E-state index in [0.29, 0.717) is 0 Å². The summed E-state index contributed by atoms with van der Waals surface area (Å²) in [6, 6.07) is 9.22. The van der Waals surface area contributed by atoms with Crippen LogP contribution in [0.2, 0.25) is 10.0 Å². The fraction of sp³-hybridized carbons (Fsp3) is 0.0714. The van der Waals surface area contributed by atoms with Gasteiger partial charge in [-0.15, -0.1) is 4.83 Å². The van der Waals surface area contributed by atoms with Crippen LogP contribution in [-0.4, -0.2) is 20.9 Å². The van der Waals surface area contributed by atoms with E-state index in [1.807, 2.05) is 10.3 Å². The lowest BCUT2D eigenvalue weighted by atomic mass is 10.3. The first-order valence-electron chi connectivity index (χ1n) is 6.42. The Labute approximate surface area is 147 Å².